The molecule has 3 atom stereocenters. The fraction of sp³-hybridized carbons (Fsp3) is 1.00. The van der Waals surface area contributed by atoms with Gasteiger partial charge in [0.05, 0.1) is 0 Å². The number of hydrogen-bond donors (Lipinski definition) is 2. The van der Waals surface area contributed by atoms with Crippen molar-refractivity contribution in [3.8, 4) is 0 Å². The van der Waals surface area contributed by atoms with Crippen molar-refractivity contribution in [3.63, 3.8) is 0 Å². The summed E-state index contributed by atoms with van der Waals surface area (Å²) in [4.78, 5) is 0. The molecule has 5 nitrogen and oxygen atoms in total. The average Bonchev–Trinajstić information content (AvgIpc) is 2.68. The molecule has 2 N–H and O–H groups in total. The molecular formula is C13H26ClN3O2S. The second-order valence-corrected chi connectivity index (χ2v) is 8.04. The van der Waals surface area contributed by atoms with Gasteiger partial charge in [-0.2, -0.15) is 17.4 Å². The van der Waals surface area contributed by atoms with Crippen LogP contribution in [0.15, 0.2) is 0 Å². The molecule has 3 saturated heterocycles. The van der Waals surface area contributed by atoms with Gasteiger partial charge in [0.25, 0.3) is 10.2 Å². The SMILES string of the molecule is CC1CCCCN1S(=O)(=O)NC1CC2CCC(C1)N2.Cl. The Bertz CT molecular complexity index is 419. The van der Waals surface area contributed by atoms with E-state index in [9.17, 15) is 8.42 Å². The second-order valence-electron chi connectivity index (χ2n) is 6.38. The van der Waals surface area contributed by atoms with E-state index >= 15 is 0 Å². The van der Waals surface area contributed by atoms with Crippen LogP contribution in [0.25, 0.3) is 0 Å². The Morgan fingerprint density at radius 3 is 2.35 bits per heavy atom. The highest BCUT2D eigenvalue weighted by Crippen LogP contribution is 2.28. The summed E-state index contributed by atoms with van der Waals surface area (Å²) in [5.41, 5.74) is 0. The maximum atomic E-state index is 12.5. The van der Waals surface area contributed by atoms with Crippen LogP contribution in [-0.2, 0) is 10.2 Å². The zero-order valence-electron chi connectivity index (χ0n) is 12.0. The third-order valence-corrected chi connectivity index (χ3v) is 6.63. The molecule has 3 aliphatic rings. The summed E-state index contributed by atoms with van der Waals surface area (Å²) in [7, 11) is -3.30. The Labute approximate surface area is 128 Å². The summed E-state index contributed by atoms with van der Waals surface area (Å²) >= 11 is 0. The zero-order chi connectivity index (χ0) is 13.5. The van der Waals surface area contributed by atoms with Gasteiger partial charge in [0.1, 0.15) is 0 Å². The van der Waals surface area contributed by atoms with Crippen LogP contribution in [-0.4, -0.2) is 43.4 Å². The normalized spacial score (nSPS) is 38.5. The van der Waals surface area contributed by atoms with Gasteiger partial charge in [-0.3, -0.25) is 0 Å². The Morgan fingerprint density at radius 1 is 1.10 bits per heavy atom. The molecule has 3 heterocycles. The van der Waals surface area contributed by atoms with E-state index in [4.69, 9.17) is 0 Å². The first-order chi connectivity index (χ1) is 9.04. The van der Waals surface area contributed by atoms with Crippen molar-refractivity contribution in [3.05, 3.63) is 0 Å². The number of halogens is 1. The fourth-order valence-corrected chi connectivity index (χ4v) is 5.56. The Morgan fingerprint density at radius 2 is 1.75 bits per heavy atom. The van der Waals surface area contributed by atoms with E-state index < -0.39 is 10.2 Å². The van der Waals surface area contributed by atoms with Gasteiger partial charge in [-0.05, 0) is 45.4 Å². The molecule has 0 aromatic heterocycles. The quantitative estimate of drug-likeness (QED) is 0.825. The lowest BCUT2D eigenvalue weighted by Gasteiger charge is -2.35. The number of nitrogens with zero attached hydrogens (tertiary/aromatic N) is 1. The van der Waals surface area contributed by atoms with Crippen LogP contribution in [0.5, 0.6) is 0 Å². The Hall–Kier alpha value is 0.120. The standard InChI is InChI=1S/C13H25N3O2S.ClH/c1-10-4-2-3-7-16(10)19(17,18)15-13-8-11-5-6-12(9-13)14-11;/h10-15H,2-9H2,1H3;1H. The van der Waals surface area contributed by atoms with Crippen LogP contribution >= 0.6 is 12.4 Å². The van der Waals surface area contributed by atoms with Crippen LogP contribution in [0, 0.1) is 0 Å². The van der Waals surface area contributed by atoms with Crippen LogP contribution in [0.1, 0.15) is 51.9 Å². The predicted molar refractivity (Wildman–Crippen MR) is 82.3 cm³/mol. The molecule has 3 fully saturated rings. The molecule has 118 valence electrons. The van der Waals surface area contributed by atoms with Crippen LogP contribution in [0.3, 0.4) is 0 Å². The van der Waals surface area contributed by atoms with Crippen LogP contribution in [0.2, 0.25) is 0 Å². The maximum absolute atomic E-state index is 12.5. The summed E-state index contributed by atoms with van der Waals surface area (Å²) in [5, 5.41) is 3.55. The minimum absolute atomic E-state index is 0. The molecule has 0 aromatic carbocycles. The van der Waals surface area contributed by atoms with Crippen LogP contribution < -0.4 is 10.0 Å². The van der Waals surface area contributed by atoms with Crippen molar-refractivity contribution in [2.24, 2.45) is 0 Å². The van der Waals surface area contributed by atoms with Gasteiger partial charge in [0, 0.05) is 30.7 Å². The summed E-state index contributed by atoms with van der Waals surface area (Å²) in [6.45, 7) is 2.69. The van der Waals surface area contributed by atoms with Crippen molar-refractivity contribution >= 4 is 22.6 Å². The van der Waals surface area contributed by atoms with E-state index in [1.165, 1.54) is 12.8 Å². The zero-order valence-corrected chi connectivity index (χ0v) is 13.7. The number of piperidine rings is 2. The van der Waals surface area contributed by atoms with Gasteiger partial charge in [0.2, 0.25) is 0 Å². The van der Waals surface area contributed by atoms with Crippen molar-refractivity contribution in [1.29, 1.82) is 0 Å². The van der Waals surface area contributed by atoms with E-state index in [-0.39, 0.29) is 24.5 Å². The molecule has 20 heavy (non-hydrogen) atoms. The van der Waals surface area contributed by atoms with Gasteiger partial charge < -0.3 is 5.32 Å². The lowest BCUT2D eigenvalue weighted by Crippen LogP contribution is -2.54. The van der Waals surface area contributed by atoms with E-state index in [0.717, 1.165) is 32.1 Å². The minimum atomic E-state index is -3.30. The van der Waals surface area contributed by atoms with Crippen molar-refractivity contribution in [2.75, 3.05) is 6.54 Å². The van der Waals surface area contributed by atoms with Gasteiger partial charge in [-0.15, -0.1) is 12.4 Å². The van der Waals surface area contributed by atoms with Crippen molar-refractivity contribution in [2.45, 2.75) is 76.0 Å². The second kappa shape index (κ2) is 6.48. The highest BCUT2D eigenvalue weighted by Gasteiger charge is 2.37. The van der Waals surface area contributed by atoms with Gasteiger partial charge in [-0.1, -0.05) is 6.42 Å². The molecule has 7 heteroatoms. The largest absolute Gasteiger partial charge is 0.311 e. The summed E-state index contributed by atoms with van der Waals surface area (Å²) < 4.78 is 29.6. The highest BCUT2D eigenvalue weighted by molar-refractivity contribution is 7.87. The third-order valence-electron chi connectivity index (χ3n) is 4.84. The summed E-state index contributed by atoms with van der Waals surface area (Å²) in [6, 6.07) is 1.30. The molecule has 0 amide bonds. The van der Waals surface area contributed by atoms with Crippen LogP contribution in [0.4, 0.5) is 0 Å². The molecule has 0 aromatic rings. The molecule has 0 spiro atoms. The van der Waals surface area contributed by atoms with E-state index in [1.807, 2.05) is 6.92 Å². The van der Waals surface area contributed by atoms with E-state index in [2.05, 4.69) is 10.0 Å². The topological polar surface area (TPSA) is 61.4 Å². The Kier molecular flexibility index (Phi) is 5.34. The lowest BCUT2D eigenvalue weighted by atomic mass is 10.0. The van der Waals surface area contributed by atoms with E-state index in [1.54, 1.807) is 4.31 Å². The first-order valence-electron chi connectivity index (χ1n) is 7.60. The number of fused-ring (bicyclic) bond motifs is 2. The highest BCUT2D eigenvalue weighted by atomic mass is 35.5. The third kappa shape index (κ3) is 3.47. The van der Waals surface area contributed by atoms with Crippen molar-refractivity contribution < 1.29 is 8.42 Å². The number of hydrogen-bond acceptors (Lipinski definition) is 3. The molecule has 3 unspecified atom stereocenters. The van der Waals surface area contributed by atoms with E-state index in [0.29, 0.717) is 18.6 Å². The lowest BCUT2D eigenvalue weighted by molar-refractivity contribution is 0.258. The molecule has 0 radical (unpaired) electrons. The van der Waals surface area contributed by atoms with Gasteiger partial charge >= 0.3 is 0 Å². The first kappa shape index (κ1) is 16.5. The number of rotatable bonds is 3. The van der Waals surface area contributed by atoms with Crippen molar-refractivity contribution in [1.82, 2.24) is 14.3 Å². The smallest absolute Gasteiger partial charge is 0.279 e. The summed E-state index contributed by atoms with van der Waals surface area (Å²) in [5.74, 6) is 0. The molecule has 3 aliphatic heterocycles. The average molecular weight is 324 g/mol. The molecule has 0 saturated carbocycles. The molecule has 2 bridgehead atoms. The molecule has 0 aliphatic carbocycles. The first-order valence-corrected chi connectivity index (χ1v) is 9.04. The monoisotopic (exact) mass is 323 g/mol. The fourth-order valence-electron chi connectivity index (χ4n) is 3.86. The van der Waals surface area contributed by atoms with Gasteiger partial charge in [0.15, 0.2) is 0 Å². The van der Waals surface area contributed by atoms with Gasteiger partial charge in [-0.25, -0.2) is 0 Å². The molecular weight excluding hydrogens is 298 g/mol. The predicted octanol–water partition coefficient (Wildman–Crippen LogP) is 1.40. The summed E-state index contributed by atoms with van der Waals surface area (Å²) in [6.07, 6.45) is 7.40. The molecule has 3 rings (SSSR count). The Balaban J connectivity index is 0.00000147. The maximum Gasteiger partial charge on any atom is 0.279 e. The minimum Gasteiger partial charge on any atom is -0.311 e. The number of nitrogens with one attached hydrogen (secondary N) is 2.